The number of carbonyl (C=O) groups is 3. The Bertz CT molecular complexity index is 834. The predicted molar refractivity (Wildman–Crippen MR) is 94.3 cm³/mol. The molecular weight excluding hydrogens is 338 g/mol. The smallest absolute Gasteiger partial charge is 0.355 e. The van der Waals surface area contributed by atoms with Gasteiger partial charge in [0.1, 0.15) is 5.70 Å². The van der Waals surface area contributed by atoms with Crippen molar-refractivity contribution in [3.05, 3.63) is 65.0 Å². The standard InChI is InChI=1S/C19H19NO6/c1-12-8-9-13(17(21)24-2)11-15(12)20-10-6-5-7-14(18(22)25-3)16(20)19(23)26-4/h5-11H,1-4H3. The van der Waals surface area contributed by atoms with Crippen LogP contribution in [0.4, 0.5) is 5.69 Å². The van der Waals surface area contributed by atoms with Crippen molar-refractivity contribution in [2.75, 3.05) is 26.2 Å². The lowest BCUT2D eigenvalue weighted by atomic mass is 10.1. The van der Waals surface area contributed by atoms with Gasteiger partial charge in [0.25, 0.3) is 0 Å². The summed E-state index contributed by atoms with van der Waals surface area (Å²) in [4.78, 5) is 38.0. The third-order valence-corrected chi connectivity index (χ3v) is 3.78. The molecule has 136 valence electrons. The minimum absolute atomic E-state index is 0.0190. The second kappa shape index (κ2) is 8.15. The Labute approximate surface area is 151 Å². The van der Waals surface area contributed by atoms with E-state index in [0.29, 0.717) is 11.3 Å². The van der Waals surface area contributed by atoms with E-state index in [0.717, 1.165) is 5.56 Å². The van der Waals surface area contributed by atoms with E-state index >= 15 is 0 Å². The first kappa shape index (κ1) is 19.0. The highest BCUT2D eigenvalue weighted by Crippen LogP contribution is 2.30. The third kappa shape index (κ3) is 3.66. The average molecular weight is 357 g/mol. The van der Waals surface area contributed by atoms with Gasteiger partial charge < -0.3 is 19.1 Å². The summed E-state index contributed by atoms with van der Waals surface area (Å²) >= 11 is 0. The maximum atomic E-state index is 12.4. The first-order valence-corrected chi connectivity index (χ1v) is 7.68. The molecule has 0 fully saturated rings. The summed E-state index contributed by atoms with van der Waals surface area (Å²) in [5.41, 5.74) is 1.62. The number of anilines is 1. The van der Waals surface area contributed by atoms with E-state index in [-0.39, 0.29) is 11.3 Å². The first-order valence-electron chi connectivity index (χ1n) is 7.68. The van der Waals surface area contributed by atoms with Gasteiger partial charge in [0.05, 0.1) is 32.5 Å². The van der Waals surface area contributed by atoms with Gasteiger partial charge in [-0.1, -0.05) is 12.1 Å². The van der Waals surface area contributed by atoms with E-state index in [1.807, 2.05) is 6.92 Å². The molecule has 26 heavy (non-hydrogen) atoms. The molecule has 7 nitrogen and oxygen atoms in total. The number of hydrogen-bond acceptors (Lipinski definition) is 7. The molecule has 0 bridgehead atoms. The van der Waals surface area contributed by atoms with Gasteiger partial charge in [-0.3, -0.25) is 0 Å². The topological polar surface area (TPSA) is 82.1 Å². The number of rotatable bonds is 4. The van der Waals surface area contributed by atoms with Gasteiger partial charge >= 0.3 is 17.9 Å². The summed E-state index contributed by atoms with van der Waals surface area (Å²) < 4.78 is 14.4. The van der Waals surface area contributed by atoms with Crippen LogP contribution >= 0.6 is 0 Å². The fraction of sp³-hybridized carbons (Fsp3) is 0.211. The number of benzene rings is 1. The highest BCUT2D eigenvalue weighted by Gasteiger charge is 2.28. The zero-order valence-corrected chi connectivity index (χ0v) is 14.9. The molecule has 1 heterocycles. The van der Waals surface area contributed by atoms with Crippen molar-refractivity contribution in [2.24, 2.45) is 0 Å². The number of hydrogen-bond donors (Lipinski definition) is 0. The van der Waals surface area contributed by atoms with E-state index < -0.39 is 17.9 Å². The number of ether oxygens (including phenoxy) is 3. The number of methoxy groups -OCH3 is 3. The van der Waals surface area contributed by atoms with E-state index in [4.69, 9.17) is 14.2 Å². The van der Waals surface area contributed by atoms with E-state index in [1.165, 1.54) is 32.3 Å². The highest BCUT2D eigenvalue weighted by atomic mass is 16.5. The van der Waals surface area contributed by atoms with Crippen molar-refractivity contribution in [3.8, 4) is 0 Å². The molecule has 0 aromatic heterocycles. The molecule has 0 spiro atoms. The average Bonchev–Trinajstić information content (AvgIpc) is 2.89. The Morgan fingerprint density at radius 2 is 1.54 bits per heavy atom. The summed E-state index contributed by atoms with van der Waals surface area (Å²) in [7, 11) is 3.73. The Morgan fingerprint density at radius 3 is 2.15 bits per heavy atom. The maximum absolute atomic E-state index is 12.4. The molecule has 1 aliphatic rings. The summed E-state index contributed by atoms with van der Waals surface area (Å²) in [5, 5.41) is 0. The van der Waals surface area contributed by atoms with Gasteiger partial charge in [-0.15, -0.1) is 0 Å². The van der Waals surface area contributed by atoms with Crippen molar-refractivity contribution in [3.63, 3.8) is 0 Å². The van der Waals surface area contributed by atoms with E-state index in [2.05, 4.69) is 0 Å². The van der Waals surface area contributed by atoms with Crippen molar-refractivity contribution in [2.45, 2.75) is 6.92 Å². The quantitative estimate of drug-likeness (QED) is 0.604. The van der Waals surface area contributed by atoms with Gasteiger partial charge in [-0.2, -0.15) is 0 Å². The van der Waals surface area contributed by atoms with Gasteiger partial charge in [-0.25, -0.2) is 14.4 Å². The van der Waals surface area contributed by atoms with Crippen LogP contribution in [0, 0.1) is 6.92 Å². The van der Waals surface area contributed by atoms with Crippen LogP contribution in [0.5, 0.6) is 0 Å². The third-order valence-electron chi connectivity index (χ3n) is 3.78. The van der Waals surface area contributed by atoms with Crippen LogP contribution in [-0.4, -0.2) is 39.2 Å². The Hall–Kier alpha value is -3.35. The van der Waals surface area contributed by atoms with E-state index in [1.54, 1.807) is 36.6 Å². The SMILES string of the molecule is COC(=O)C1=C(C(=O)OC)N(c2cc(C(=O)OC)ccc2C)C=CC=C1. The Kier molecular flexibility index (Phi) is 5.95. The Morgan fingerprint density at radius 1 is 0.885 bits per heavy atom. The molecule has 0 N–H and O–H groups in total. The molecule has 0 radical (unpaired) electrons. The van der Waals surface area contributed by atoms with Gasteiger partial charge in [0, 0.05) is 11.9 Å². The van der Waals surface area contributed by atoms with Gasteiger partial charge in [0.2, 0.25) is 0 Å². The number of esters is 3. The number of nitrogens with zero attached hydrogens (tertiary/aromatic N) is 1. The van der Waals surface area contributed by atoms with Crippen LogP contribution in [-0.2, 0) is 23.8 Å². The minimum atomic E-state index is -0.718. The summed E-state index contributed by atoms with van der Waals surface area (Å²) in [6.07, 6.45) is 6.33. The van der Waals surface area contributed by atoms with Crippen LogP contribution in [0.2, 0.25) is 0 Å². The van der Waals surface area contributed by atoms with Gasteiger partial charge in [0.15, 0.2) is 0 Å². The van der Waals surface area contributed by atoms with Crippen molar-refractivity contribution in [1.82, 2.24) is 0 Å². The molecule has 0 amide bonds. The minimum Gasteiger partial charge on any atom is -0.465 e. The molecule has 0 saturated carbocycles. The number of aryl methyl sites for hydroxylation is 1. The molecule has 0 atom stereocenters. The van der Waals surface area contributed by atoms with Crippen LogP contribution in [0.1, 0.15) is 15.9 Å². The second-order valence-electron chi connectivity index (χ2n) is 5.31. The fourth-order valence-corrected chi connectivity index (χ4v) is 2.46. The molecule has 0 unspecified atom stereocenters. The molecule has 2 rings (SSSR count). The molecular formula is C19H19NO6. The van der Waals surface area contributed by atoms with Crippen LogP contribution in [0.3, 0.4) is 0 Å². The monoisotopic (exact) mass is 357 g/mol. The molecule has 7 heteroatoms. The highest BCUT2D eigenvalue weighted by molar-refractivity contribution is 6.05. The predicted octanol–water partition coefficient (Wildman–Crippen LogP) is 2.27. The van der Waals surface area contributed by atoms with Crippen molar-refractivity contribution >= 4 is 23.6 Å². The van der Waals surface area contributed by atoms with Crippen molar-refractivity contribution in [1.29, 1.82) is 0 Å². The van der Waals surface area contributed by atoms with Crippen LogP contribution in [0.15, 0.2) is 53.9 Å². The zero-order chi connectivity index (χ0) is 19.3. The molecule has 0 aliphatic carbocycles. The molecule has 1 aromatic carbocycles. The number of carbonyl (C=O) groups excluding carboxylic acids is 3. The second-order valence-corrected chi connectivity index (χ2v) is 5.31. The van der Waals surface area contributed by atoms with Crippen LogP contribution in [0.25, 0.3) is 0 Å². The lowest BCUT2D eigenvalue weighted by Crippen LogP contribution is -2.27. The maximum Gasteiger partial charge on any atom is 0.355 e. The van der Waals surface area contributed by atoms with E-state index in [9.17, 15) is 14.4 Å². The first-order chi connectivity index (χ1) is 12.4. The lowest BCUT2D eigenvalue weighted by Gasteiger charge is -2.25. The Balaban J connectivity index is 2.71. The lowest BCUT2D eigenvalue weighted by molar-refractivity contribution is -0.139. The normalized spacial score (nSPS) is 13.3. The fourth-order valence-electron chi connectivity index (χ4n) is 2.46. The molecule has 1 aliphatic heterocycles. The summed E-state index contributed by atoms with van der Waals surface area (Å²) in [6, 6.07) is 4.92. The zero-order valence-electron chi connectivity index (χ0n) is 14.9. The molecule has 1 aromatic rings. The van der Waals surface area contributed by atoms with Crippen LogP contribution < -0.4 is 4.90 Å². The van der Waals surface area contributed by atoms with Gasteiger partial charge in [-0.05, 0) is 36.8 Å². The summed E-state index contributed by atoms with van der Waals surface area (Å²) in [6.45, 7) is 1.81. The largest absolute Gasteiger partial charge is 0.465 e. The molecule has 0 saturated heterocycles. The van der Waals surface area contributed by atoms with Crippen molar-refractivity contribution < 1.29 is 28.6 Å². The number of allylic oxidation sites excluding steroid dienone is 2. The summed E-state index contributed by atoms with van der Waals surface area (Å²) in [5.74, 6) is -1.92.